The fraction of sp³-hybridized carbons (Fsp3) is 0.500. The number of aryl methyl sites for hydroxylation is 2. The van der Waals surface area contributed by atoms with Crippen molar-refractivity contribution in [3.05, 3.63) is 29.3 Å². The molecule has 0 aliphatic carbocycles. The molecule has 1 amide bonds. The van der Waals surface area contributed by atoms with Crippen molar-refractivity contribution in [1.29, 1.82) is 0 Å². The fourth-order valence-electron chi connectivity index (χ4n) is 1.97. The summed E-state index contributed by atoms with van der Waals surface area (Å²) in [6.45, 7) is 6.11. The minimum Gasteiger partial charge on any atom is -0.327 e. The number of anilines is 1. The molecule has 0 fully saturated rings. The van der Waals surface area contributed by atoms with Gasteiger partial charge in [0.2, 0.25) is 5.91 Å². The molecule has 0 aromatic heterocycles. The van der Waals surface area contributed by atoms with E-state index < -0.39 is 0 Å². The Kier molecular flexibility index (Phi) is 5.16. The Morgan fingerprint density at radius 1 is 1.29 bits per heavy atom. The van der Waals surface area contributed by atoms with Crippen molar-refractivity contribution in [2.45, 2.75) is 46.1 Å². The number of benzene rings is 1. The van der Waals surface area contributed by atoms with Gasteiger partial charge in [-0.1, -0.05) is 19.4 Å². The van der Waals surface area contributed by atoms with E-state index in [0.29, 0.717) is 6.42 Å². The molecule has 1 rings (SSSR count). The lowest BCUT2D eigenvalue weighted by molar-refractivity contribution is -0.116. The molecule has 0 saturated heterocycles. The molecule has 1 aromatic carbocycles. The summed E-state index contributed by atoms with van der Waals surface area (Å²) in [5.74, 6) is -0.00375. The van der Waals surface area contributed by atoms with Crippen molar-refractivity contribution >= 4 is 11.6 Å². The first kappa shape index (κ1) is 13.7. The molecule has 0 aliphatic heterocycles. The highest BCUT2D eigenvalue weighted by Gasteiger charge is 2.09. The minimum atomic E-state index is -0.0362. The van der Waals surface area contributed by atoms with Crippen molar-refractivity contribution in [2.24, 2.45) is 5.73 Å². The zero-order chi connectivity index (χ0) is 12.8. The van der Waals surface area contributed by atoms with Crippen molar-refractivity contribution in [3.8, 4) is 0 Å². The van der Waals surface area contributed by atoms with Crippen molar-refractivity contribution in [2.75, 3.05) is 5.32 Å². The zero-order valence-electron chi connectivity index (χ0n) is 10.9. The zero-order valence-corrected chi connectivity index (χ0v) is 10.9. The van der Waals surface area contributed by atoms with Crippen molar-refractivity contribution < 1.29 is 4.79 Å². The molecule has 3 N–H and O–H groups in total. The van der Waals surface area contributed by atoms with E-state index in [-0.39, 0.29) is 11.9 Å². The highest BCUT2D eigenvalue weighted by molar-refractivity contribution is 5.91. The number of amides is 1. The molecule has 0 radical (unpaired) electrons. The Labute approximate surface area is 103 Å². The Morgan fingerprint density at radius 2 is 1.88 bits per heavy atom. The number of rotatable bonds is 5. The van der Waals surface area contributed by atoms with Gasteiger partial charge in [0.05, 0.1) is 0 Å². The second-order valence-corrected chi connectivity index (χ2v) is 4.68. The lowest BCUT2D eigenvalue weighted by atomic mass is 10.1. The first-order valence-corrected chi connectivity index (χ1v) is 6.15. The number of nitrogens with one attached hydrogen (secondary N) is 1. The fourth-order valence-corrected chi connectivity index (χ4v) is 1.97. The number of hydrogen-bond acceptors (Lipinski definition) is 2. The monoisotopic (exact) mass is 234 g/mol. The van der Waals surface area contributed by atoms with Crippen molar-refractivity contribution in [3.63, 3.8) is 0 Å². The second-order valence-electron chi connectivity index (χ2n) is 4.68. The molecule has 3 nitrogen and oxygen atoms in total. The number of carbonyl (C=O) groups is 1. The van der Waals surface area contributed by atoms with Gasteiger partial charge >= 0.3 is 0 Å². The van der Waals surface area contributed by atoms with Gasteiger partial charge in [0.15, 0.2) is 0 Å². The van der Waals surface area contributed by atoms with Gasteiger partial charge in [0.25, 0.3) is 0 Å². The van der Waals surface area contributed by atoms with Crippen LogP contribution in [0.25, 0.3) is 0 Å². The predicted molar refractivity (Wildman–Crippen MR) is 72.0 cm³/mol. The summed E-state index contributed by atoms with van der Waals surface area (Å²) in [7, 11) is 0. The summed E-state index contributed by atoms with van der Waals surface area (Å²) in [5.41, 5.74) is 9.00. The first-order chi connectivity index (χ1) is 8.01. The van der Waals surface area contributed by atoms with Gasteiger partial charge in [-0.05, 0) is 43.5 Å². The van der Waals surface area contributed by atoms with Gasteiger partial charge in [0.1, 0.15) is 0 Å². The van der Waals surface area contributed by atoms with Gasteiger partial charge in [-0.15, -0.1) is 0 Å². The lowest BCUT2D eigenvalue weighted by Gasteiger charge is -2.11. The SMILES string of the molecule is CCCC(N)CC(=O)Nc1cc(C)cc(C)c1. The van der Waals surface area contributed by atoms with Gasteiger partial charge < -0.3 is 11.1 Å². The molecule has 1 atom stereocenters. The summed E-state index contributed by atoms with van der Waals surface area (Å²) >= 11 is 0. The van der Waals surface area contributed by atoms with Gasteiger partial charge in [0, 0.05) is 18.2 Å². The van der Waals surface area contributed by atoms with Crippen molar-refractivity contribution in [1.82, 2.24) is 0 Å². The second kappa shape index (κ2) is 6.40. The number of hydrogen-bond donors (Lipinski definition) is 2. The van der Waals surface area contributed by atoms with E-state index in [9.17, 15) is 4.79 Å². The predicted octanol–water partition coefficient (Wildman–Crippen LogP) is 2.76. The Hall–Kier alpha value is -1.35. The van der Waals surface area contributed by atoms with Crippen LogP contribution in [0, 0.1) is 13.8 Å². The standard InChI is InChI=1S/C14H22N2O/c1-4-5-12(15)9-14(17)16-13-7-10(2)6-11(3)8-13/h6-8,12H,4-5,9,15H2,1-3H3,(H,16,17). The molecular formula is C14H22N2O. The Balaban J connectivity index is 2.56. The topological polar surface area (TPSA) is 55.1 Å². The Morgan fingerprint density at radius 3 is 2.41 bits per heavy atom. The average Bonchev–Trinajstić information content (AvgIpc) is 2.14. The highest BCUT2D eigenvalue weighted by atomic mass is 16.1. The number of nitrogens with two attached hydrogens (primary N) is 1. The molecular weight excluding hydrogens is 212 g/mol. The maximum Gasteiger partial charge on any atom is 0.225 e. The van der Waals surface area contributed by atoms with Crippen LogP contribution in [-0.2, 0) is 4.79 Å². The molecule has 17 heavy (non-hydrogen) atoms. The largest absolute Gasteiger partial charge is 0.327 e. The molecule has 1 aromatic rings. The van der Waals surface area contributed by atoms with E-state index in [2.05, 4.69) is 18.3 Å². The lowest BCUT2D eigenvalue weighted by Crippen LogP contribution is -2.26. The third kappa shape index (κ3) is 5.00. The van der Waals surface area contributed by atoms with Crippen LogP contribution in [0.2, 0.25) is 0 Å². The van der Waals surface area contributed by atoms with Crippen LogP contribution in [0.5, 0.6) is 0 Å². The highest BCUT2D eigenvalue weighted by Crippen LogP contribution is 2.14. The number of carbonyl (C=O) groups excluding carboxylic acids is 1. The maximum atomic E-state index is 11.7. The summed E-state index contributed by atoms with van der Waals surface area (Å²) in [5, 5.41) is 2.89. The first-order valence-electron chi connectivity index (χ1n) is 6.15. The summed E-state index contributed by atoms with van der Waals surface area (Å²) in [6.07, 6.45) is 2.29. The summed E-state index contributed by atoms with van der Waals surface area (Å²) in [4.78, 5) is 11.7. The van der Waals surface area contributed by atoms with E-state index in [4.69, 9.17) is 5.73 Å². The van der Waals surface area contributed by atoms with Gasteiger partial charge in [-0.25, -0.2) is 0 Å². The summed E-state index contributed by atoms with van der Waals surface area (Å²) < 4.78 is 0. The third-order valence-electron chi connectivity index (χ3n) is 2.61. The average molecular weight is 234 g/mol. The summed E-state index contributed by atoms with van der Waals surface area (Å²) in [6, 6.07) is 5.98. The molecule has 1 unspecified atom stereocenters. The van der Waals surface area contributed by atoms with Gasteiger partial charge in [-0.2, -0.15) is 0 Å². The minimum absolute atomic E-state index is 0.00375. The van der Waals surface area contributed by atoms with Crippen LogP contribution in [0.1, 0.15) is 37.3 Å². The smallest absolute Gasteiger partial charge is 0.225 e. The van der Waals surface area contributed by atoms with E-state index in [1.807, 2.05) is 26.0 Å². The van der Waals surface area contributed by atoms with Gasteiger partial charge in [-0.3, -0.25) is 4.79 Å². The third-order valence-corrected chi connectivity index (χ3v) is 2.61. The van der Waals surface area contributed by atoms with E-state index >= 15 is 0 Å². The quantitative estimate of drug-likeness (QED) is 0.823. The molecule has 94 valence electrons. The van der Waals surface area contributed by atoms with Crippen LogP contribution in [0.4, 0.5) is 5.69 Å². The molecule has 0 aliphatic rings. The van der Waals surface area contributed by atoms with E-state index in [1.54, 1.807) is 0 Å². The van der Waals surface area contributed by atoms with E-state index in [0.717, 1.165) is 29.7 Å². The van der Waals surface area contributed by atoms with E-state index in [1.165, 1.54) is 0 Å². The molecule has 0 heterocycles. The molecule has 0 saturated carbocycles. The van der Waals surface area contributed by atoms with Crippen LogP contribution >= 0.6 is 0 Å². The molecule has 3 heteroatoms. The van der Waals surface area contributed by atoms with Crippen LogP contribution in [-0.4, -0.2) is 11.9 Å². The maximum absolute atomic E-state index is 11.7. The Bertz CT molecular complexity index is 368. The molecule has 0 bridgehead atoms. The molecule has 0 spiro atoms. The van der Waals surface area contributed by atoms with Crippen LogP contribution in [0.15, 0.2) is 18.2 Å². The normalized spacial score (nSPS) is 12.2. The van der Waals surface area contributed by atoms with Crippen LogP contribution < -0.4 is 11.1 Å². The van der Waals surface area contributed by atoms with Crippen LogP contribution in [0.3, 0.4) is 0 Å².